The fourth-order valence-corrected chi connectivity index (χ4v) is 4.32. The van der Waals surface area contributed by atoms with Gasteiger partial charge in [-0.2, -0.15) is 0 Å². The van der Waals surface area contributed by atoms with Gasteiger partial charge in [0.15, 0.2) is 11.5 Å². The van der Waals surface area contributed by atoms with Crippen molar-refractivity contribution >= 4 is 23.5 Å². The van der Waals surface area contributed by atoms with Crippen LogP contribution in [0.2, 0.25) is 0 Å². The van der Waals surface area contributed by atoms with Gasteiger partial charge in [-0.1, -0.05) is 23.8 Å². The minimum absolute atomic E-state index is 0.0378. The topological polar surface area (TPSA) is 149 Å². The van der Waals surface area contributed by atoms with Gasteiger partial charge in [0.2, 0.25) is 5.91 Å². The number of amides is 3. The number of aromatic nitrogens is 3. The molecule has 1 aliphatic heterocycles. The lowest BCUT2D eigenvalue weighted by Gasteiger charge is -2.34. The standard InChI is InChI=1S/C26H29N7O3/c1-16(2)15-21(34)32-14-6-4-7-19(32)25-31-22(23(24(27)35)33(25)28)17-9-11-18(12-10-17)26(36)30-20-8-3-5-13-29-20/h3,5,8-13,15,19H,4,6-7,14,28H2,1-2H3,(H2,27,35)(H,29,30,36). The summed E-state index contributed by atoms with van der Waals surface area (Å²) < 4.78 is 1.19. The number of carbonyl (C=O) groups excluding carboxylic acids is 3. The second-order valence-electron chi connectivity index (χ2n) is 8.91. The number of likely N-dealkylation sites (tertiary alicyclic amines) is 1. The van der Waals surface area contributed by atoms with E-state index >= 15 is 0 Å². The fraction of sp³-hybridized carbons (Fsp3) is 0.269. The lowest BCUT2D eigenvalue weighted by molar-refractivity contribution is -0.130. The number of nitrogens with zero attached hydrogens (tertiary/aromatic N) is 4. The van der Waals surface area contributed by atoms with E-state index in [0.717, 1.165) is 18.4 Å². The van der Waals surface area contributed by atoms with Crippen LogP contribution in [0, 0.1) is 0 Å². The van der Waals surface area contributed by atoms with Gasteiger partial charge in [0.25, 0.3) is 11.8 Å². The Kier molecular flexibility index (Phi) is 7.14. The second kappa shape index (κ2) is 10.4. The molecule has 10 nitrogen and oxygen atoms in total. The van der Waals surface area contributed by atoms with Gasteiger partial charge >= 0.3 is 0 Å². The number of benzene rings is 1. The van der Waals surface area contributed by atoms with Crippen LogP contribution in [-0.2, 0) is 4.79 Å². The summed E-state index contributed by atoms with van der Waals surface area (Å²) in [6, 6.07) is 11.4. The first-order valence-corrected chi connectivity index (χ1v) is 11.7. The van der Waals surface area contributed by atoms with Gasteiger partial charge in [-0.15, -0.1) is 0 Å². The Bertz CT molecular complexity index is 1310. The van der Waals surface area contributed by atoms with E-state index in [1.165, 1.54) is 4.68 Å². The summed E-state index contributed by atoms with van der Waals surface area (Å²) in [7, 11) is 0. The van der Waals surface area contributed by atoms with Crippen LogP contribution in [0.4, 0.5) is 5.82 Å². The maximum Gasteiger partial charge on any atom is 0.269 e. The van der Waals surface area contributed by atoms with Crippen LogP contribution in [0.5, 0.6) is 0 Å². The monoisotopic (exact) mass is 487 g/mol. The summed E-state index contributed by atoms with van der Waals surface area (Å²) in [4.78, 5) is 48.3. The third-order valence-corrected chi connectivity index (χ3v) is 5.99. The Morgan fingerprint density at radius 2 is 1.83 bits per heavy atom. The summed E-state index contributed by atoms with van der Waals surface area (Å²) in [6.45, 7) is 4.30. The Labute approximate surface area is 209 Å². The van der Waals surface area contributed by atoms with Gasteiger partial charge < -0.3 is 21.8 Å². The third kappa shape index (κ3) is 5.12. The Morgan fingerprint density at radius 1 is 1.08 bits per heavy atom. The fourth-order valence-electron chi connectivity index (χ4n) is 4.32. The zero-order valence-corrected chi connectivity index (χ0v) is 20.3. The van der Waals surface area contributed by atoms with E-state index in [2.05, 4.69) is 10.3 Å². The summed E-state index contributed by atoms with van der Waals surface area (Å²) in [5.41, 5.74) is 7.89. The SMILES string of the molecule is CC(C)=CC(=O)N1CCCCC1c1nc(-c2ccc(C(=O)Nc3ccccn3)cc2)c(C(N)=O)n1N. The number of imidazole rings is 1. The molecule has 1 aliphatic rings. The highest BCUT2D eigenvalue weighted by molar-refractivity contribution is 6.04. The molecule has 1 saturated heterocycles. The number of rotatable bonds is 6. The van der Waals surface area contributed by atoms with Crippen molar-refractivity contribution in [3.05, 3.63) is 77.4 Å². The van der Waals surface area contributed by atoms with Crippen LogP contribution in [0.1, 0.15) is 65.8 Å². The minimum Gasteiger partial charge on any atom is -0.364 e. The number of hydrogen-bond acceptors (Lipinski definition) is 6. The predicted molar refractivity (Wildman–Crippen MR) is 136 cm³/mol. The normalized spacial score (nSPS) is 15.3. The number of hydrogen-bond donors (Lipinski definition) is 3. The quantitative estimate of drug-likeness (QED) is 0.359. The Balaban J connectivity index is 1.66. The molecule has 10 heteroatoms. The zero-order chi connectivity index (χ0) is 25.8. The lowest BCUT2D eigenvalue weighted by Crippen LogP contribution is -2.40. The predicted octanol–water partition coefficient (Wildman–Crippen LogP) is 3.03. The van der Waals surface area contributed by atoms with Gasteiger partial charge in [-0.25, -0.2) is 14.6 Å². The molecule has 0 spiro atoms. The molecule has 5 N–H and O–H groups in total. The van der Waals surface area contributed by atoms with Gasteiger partial charge in [0.05, 0.1) is 6.04 Å². The number of nitrogen functional groups attached to an aromatic ring is 1. The maximum absolute atomic E-state index is 12.9. The van der Waals surface area contributed by atoms with E-state index < -0.39 is 5.91 Å². The largest absolute Gasteiger partial charge is 0.364 e. The van der Waals surface area contributed by atoms with E-state index in [-0.39, 0.29) is 23.6 Å². The summed E-state index contributed by atoms with van der Waals surface area (Å²) in [5, 5.41) is 2.73. The van der Waals surface area contributed by atoms with Crippen LogP contribution in [0.25, 0.3) is 11.3 Å². The molecule has 1 fully saturated rings. The Hall–Kier alpha value is -4.47. The zero-order valence-electron chi connectivity index (χ0n) is 20.3. The van der Waals surface area contributed by atoms with Gasteiger partial charge in [-0.3, -0.25) is 14.4 Å². The van der Waals surface area contributed by atoms with Crippen molar-refractivity contribution < 1.29 is 14.4 Å². The number of nitrogens with one attached hydrogen (secondary N) is 1. The molecular formula is C26H29N7O3. The average Bonchev–Trinajstić information content (AvgIpc) is 3.21. The van der Waals surface area contributed by atoms with Crippen LogP contribution in [0.15, 0.2) is 60.3 Å². The smallest absolute Gasteiger partial charge is 0.269 e. The number of anilines is 1. The number of carbonyl (C=O) groups is 3. The molecule has 186 valence electrons. The number of nitrogens with two attached hydrogens (primary N) is 2. The molecule has 4 rings (SSSR count). The van der Waals surface area contributed by atoms with E-state index in [0.29, 0.717) is 41.4 Å². The molecule has 1 atom stereocenters. The molecule has 0 radical (unpaired) electrons. The molecule has 3 aromatic rings. The molecule has 2 aromatic heterocycles. The molecule has 1 aromatic carbocycles. The van der Waals surface area contributed by atoms with E-state index in [9.17, 15) is 14.4 Å². The lowest BCUT2D eigenvalue weighted by atomic mass is 10.0. The highest BCUT2D eigenvalue weighted by atomic mass is 16.2. The minimum atomic E-state index is -0.735. The highest BCUT2D eigenvalue weighted by Crippen LogP contribution is 2.33. The molecule has 0 aliphatic carbocycles. The van der Waals surface area contributed by atoms with Crippen molar-refractivity contribution in [2.24, 2.45) is 5.73 Å². The van der Waals surface area contributed by atoms with Crippen molar-refractivity contribution in [1.29, 1.82) is 0 Å². The van der Waals surface area contributed by atoms with Crippen LogP contribution >= 0.6 is 0 Å². The van der Waals surface area contributed by atoms with Gasteiger partial charge in [0.1, 0.15) is 11.5 Å². The first-order valence-electron chi connectivity index (χ1n) is 11.7. The molecule has 0 saturated carbocycles. The molecule has 1 unspecified atom stereocenters. The first kappa shape index (κ1) is 24.6. The third-order valence-electron chi connectivity index (χ3n) is 5.99. The second-order valence-corrected chi connectivity index (χ2v) is 8.91. The van der Waals surface area contributed by atoms with Crippen LogP contribution in [0.3, 0.4) is 0 Å². The summed E-state index contributed by atoms with van der Waals surface area (Å²) in [5.74, 6) is 5.99. The molecule has 3 amide bonds. The maximum atomic E-state index is 12.9. The molecular weight excluding hydrogens is 458 g/mol. The van der Waals surface area contributed by atoms with Gasteiger partial charge in [0, 0.05) is 29.9 Å². The number of pyridine rings is 1. The van der Waals surface area contributed by atoms with Crippen LogP contribution < -0.4 is 16.9 Å². The summed E-state index contributed by atoms with van der Waals surface area (Å²) >= 11 is 0. The van der Waals surface area contributed by atoms with Crippen molar-refractivity contribution in [3.8, 4) is 11.3 Å². The highest BCUT2D eigenvalue weighted by Gasteiger charge is 2.33. The van der Waals surface area contributed by atoms with Crippen molar-refractivity contribution in [1.82, 2.24) is 19.5 Å². The molecule has 0 bridgehead atoms. The van der Waals surface area contributed by atoms with E-state index in [4.69, 9.17) is 16.6 Å². The Morgan fingerprint density at radius 3 is 2.47 bits per heavy atom. The number of primary amides is 1. The van der Waals surface area contributed by atoms with Crippen molar-refractivity contribution in [2.45, 2.75) is 39.2 Å². The first-order chi connectivity index (χ1) is 17.3. The van der Waals surface area contributed by atoms with Crippen molar-refractivity contribution in [2.75, 3.05) is 17.7 Å². The van der Waals surface area contributed by atoms with Gasteiger partial charge in [-0.05, 0) is 57.4 Å². The molecule has 36 heavy (non-hydrogen) atoms. The average molecular weight is 488 g/mol. The summed E-state index contributed by atoms with van der Waals surface area (Å²) in [6.07, 6.45) is 5.62. The molecule has 3 heterocycles. The van der Waals surface area contributed by atoms with Crippen molar-refractivity contribution in [3.63, 3.8) is 0 Å². The van der Waals surface area contributed by atoms with E-state index in [1.807, 2.05) is 13.8 Å². The number of allylic oxidation sites excluding steroid dienone is 1. The number of piperidine rings is 1. The van der Waals surface area contributed by atoms with Crippen LogP contribution in [-0.4, -0.2) is 43.8 Å². The van der Waals surface area contributed by atoms with E-state index in [1.54, 1.807) is 59.6 Å².